The third kappa shape index (κ3) is 15.7. The predicted octanol–water partition coefficient (Wildman–Crippen LogP) is -8.25. The molecule has 8 heteroatoms. The van der Waals surface area contributed by atoms with Crippen LogP contribution >= 0.6 is 0 Å². The third-order valence-electron chi connectivity index (χ3n) is 0.0833. The predicted molar refractivity (Wildman–Crippen MR) is 10.8 cm³/mol. The maximum absolute atomic E-state index is 8.91. The zero-order valence-corrected chi connectivity index (χ0v) is 5.27. The SMILES string of the molecule is O=S(=O)([O-])O[O-].[Li+].[Li+]. The molecular formula is Li2O5S. The van der Waals surface area contributed by atoms with Crippen molar-refractivity contribution in [1.29, 1.82) is 0 Å². The summed E-state index contributed by atoms with van der Waals surface area (Å²) in [7, 11) is -4.97. The van der Waals surface area contributed by atoms with Gasteiger partial charge in [0, 0.05) is 0 Å². The van der Waals surface area contributed by atoms with E-state index in [2.05, 4.69) is 4.33 Å². The molecular weight excluding hydrogens is 126 g/mol. The first kappa shape index (κ1) is 16.0. The molecule has 0 rings (SSSR count). The van der Waals surface area contributed by atoms with Gasteiger partial charge >= 0.3 is 37.7 Å². The topological polar surface area (TPSA) is 89.5 Å². The van der Waals surface area contributed by atoms with Gasteiger partial charge in [-0.25, -0.2) is 8.42 Å². The maximum atomic E-state index is 8.91. The first-order chi connectivity index (χ1) is 2.56. The fourth-order valence-corrected chi connectivity index (χ4v) is 0. The quantitative estimate of drug-likeness (QED) is 0.114. The van der Waals surface area contributed by atoms with Crippen molar-refractivity contribution in [3.05, 3.63) is 0 Å². The van der Waals surface area contributed by atoms with Crippen molar-refractivity contribution >= 4 is 10.4 Å². The first-order valence-corrected chi connectivity index (χ1v) is 2.17. The summed E-state index contributed by atoms with van der Waals surface area (Å²) < 4.78 is 28.8. The van der Waals surface area contributed by atoms with Gasteiger partial charge < -0.3 is 14.1 Å². The van der Waals surface area contributed by atoms with E-state index in [9.17, 15) is 0 Å². The van der Waals surface area contributed by atoms with Crippen LogP contribution in [-0.4, -0.2) is 13.0 Å². The fourth-order valence-electron chi connectivity index (χ4n) is 0. The Labute approximate surface area is 70.6 Å². The molecule has 0 aromatic rings. The summed E-state index contributed by atoms with van der Waals surface area (Å²) in [6, 6.07) is 0. The van der Waals surface area contributed by atoms with E-state index in [1.165, 1.54) is 0 Å². The molecule has 0 saturated carbocycles. The molecule has 8 heavy (non-hydrogen) atoms. The summed E-state index contributed by atoms with van der Waals surface area (Å²) in [5.41, 5.74) is 0. The second-order valence-electron chi connectivity index (χ2n) is 0.476. The van der Waals surface area contributed by atoms with E-state index in [-0.39, 0.29) is 37.7 Å². The van der Waals surface area contributed by atoms with Crippen LogP contribution < -0.4 is 43.0 Å². The molecule has 0 amide bonds. The minimum atomic E-state index is -4.97. The molecule has 0 radical (unpaired) electrons. The first-order valence-electron chi connectivity index (χ1n) is 0.833. The van der Waals surface area contributed by atoms with Crippen molar-refractivity contribution < 1.29 is 60.3 Å². The molecule has 0 N–H and O–H groups in total. The Morgan fingerprint density at radius 1 is 1.25 bits per heavy atom. The van der Waals surface area contributed by atoms with Crippen LogP contribution in [0.2, 0.25) is 0 Å². The molecule has 0 aromatic carbocycles. The average Bonchev–Trinajstić information content (AvgIpc) is 1.35. The van der Waals surface area contributed by atoms with Crippen LogP contribution in [0.1, 0.15) is 0 Å². The molecule has 0 unspecified atom stereocenters. The zero-order valence-electron chi connectivity index (χ0n) is 4.45. The average molecular weight is 126 g/mol. The van der Waals surface area contributed by atoms with E-state index in [1.807, 2.05) is 0 Å². The minimum Gasteiger partial charge on any atom is -0.726 e. The summed E-state index contributed by atoms with van der Waals surface area (Å²) in [4.78, 5) is 0. The van der Waals surface area contributed by atoms with Crippen LogP contribution in [0.3, 0.4) is 0 Å². The van der Waals surface area contributed by atoms with Crippen LogP contribution in [0.4, 0.5) is 0 Å². The molecule has 0 spiro atoms. The van der Waals surface area contributed by atoms with Gasteiger partial charge in [0.2, 0.25) is 10.4 Å². The molecule has 0 aliphatic heterocycles. The van der Waals surface area contributed by atoms with Gasteiger partial charge in [-0.15, -0.1) is 0 Å². The normalized spacial score (nSPS) is 8.75. The van der Waals surface area contributed by atoms with Gasteiger partial charge in [0.25, 0.3) is 0 Å². The Morgan fingerprint density at radius 2 is 1.38 bits per heavy atom. The molecule has 38 valence electrons. The van der Waals surface area contributed by atoms with E-state index in [0.717, 1.165) is 0 Å². The molecule has 0 atom stereocenters. The second kappa shape index (κ2) is 6.15. The summed E-state index contributed by atoms with van der Waals surface area (Å²) >= 11 is 0. The van der Waals surface area contributed by atoms with Crippen molar-refractivity contribution in [2.45, 2.75) is 0 Å². The smallest absolute Gasteiger partial charge is 0.726 e. The molecule has 0 bridgehead atoms. The van der Waals surface area contributed by atoms with Crippen molar-refractivity contribution in [2.24, 2.45) is 0 Å². The Kier molecular flexibility index (Phi) is 12.3. The van der Waals surface area contributed by atoms with Crippen LogP contribution in [0.15, 0.2) is 0 Å². The van der Waals surface area contributed by atoms with Crippen molar-refractivity contribution in [2.75, 3.05) is 0 Å². The standard InChI is InChI=1S/2Li.H2O5S/c;;1-5-6(2,3)4/h;;1H,(H,2,3,4)/q2*+1;/p-2. The number of hydrogen-bond donors (Lipinski definition) is 0. The maximum Gasteiger partial charge on any atom is 1.00 e. The third-order valence-corrected chi connectivity index (χ3v) is 0.250. The van der Waals surface area contributed by atoms with E-state index in [4.69, 9.17) is 18.2 Å². The van der Waals surface area contributed by atoms with Crippen LogP contribution in [-0.2, 0) is 14.7 Å². The van der Waals surface area contributed by atoms with Gasteiger partial charge in [0.1, 0.15) is 0 Å². The van der Waals surface area contributed by atoms with Gasteiger partial charge in [-0.05, 0) is 0 Å². The molecule has 0 heterocycles. The van der Waals surface area contributed by atoms with E-state index in [1.54, 1.807) is 0 Å². The molecule has 0 aromatic heterocycles. The minimum absolute atomic E-state index is 0. The van der Waals surface area contributed by atoms with Gasteiger partial charge in [0.15, 0.2) is 0 Å². The summed E-state index contributed by atoms with van der Waals surface area (Å²) in [6.45, 7) is 0. The van der Waals surface area contributed by atoms with Crippen LogP contribution in [0.5, 0.6) is 0 Å². The second-order valence-corrected chi connectivity index (χ2v) is 1.43. The van der Waals surface area contributed by atoms with Crippen LogP contribution in [0, 0.1) is 0 Å². The van der Waals surface area contributed by atoms with Gasteiger partial charge in [-0.2, -0.15) is 0 Å². The monoisotopic (exact) mass is 126 g/mol. The van der Waals surface area contributed by atoms with Gasteiger partial charge in [-0.1, -0.05) is 0 Å². The number of rotatable bonds is 1. The summed E-state index contributed by atoms with van der Waals surface area (Å²) in [6.07, 6.45) is 0. The van der Waals surface area contributed by atoms with Crippen molar-refractivity contribution in [3.63, 3.8) is 0 Å². The molecule has 0 fully saturated rings. The molecule has 0 aliphatic carbocycles. The zero-order chi connectivity index (χ0) is 5.21. The van der Waals surface area contributed by atoms with Crippen molar-refractivity contribution in [3.8, 4) is 0 Å². The Hall–Kier alpha value is 1.02. The van der Waals surface area contributed by atoms with E-state index in [0.29, 0.717) is 0 Å². The summed E-state index contributed by atoms with van der Waals surface area (Å²) in [5, 5.41) is 8.55. The van der Waals surface area contributed by atoms with Crippen LogP contribution in [0.25, 0.3) is 0 Å². The largest absolute Gasteiger partial charge is 1.00 e. The number of hydrogen-bond acceptors (Lipinski definition) is 5. The Morgan fingerprint density at radius 3 is 1.38 bits per heavy atom. The van der Waals surface area contributed by atoms with Gasteiger partial charge in [-0.3, -0.25) is 0 Å². The van der Waals surface area contributed by atoms with Crippen molar-refractivity contribution in [1.82, 2.24) is 0 Å². The fraction of sp³-hybridized carbons (Fsp3) is 0. The Balaban J connectivity index is -0.000000125. The van der Waals surface area contributed by atoms with Gasteiger partial charge in [0.05, 0.1) is 0 Å². The summed E-state index contributed by atoms with van der Waals surface area (Å²) in [5.74, 6) is 0. The van der Waals surface area contributed by atoms with E-state index < -0.39 is 10.4 Å². The van der Waals surface area contributed by atoms with E-state index >= 15 is 0 Å². The Bertz CT molecular complexity index is 112. The molecule has 5 nitrogen and oxygen atoms in total. The molecule has 0 aliphatic rings. The molecule has 0 saturated heterocycles.